The molecule has 0 saturated heterocycles. The van der Waals surface area contributed by atoms with E-state index in [2.05, 4.69) is 61.1 Å². The number of nitrogens with zero attached hydrogens (tertiary/aromatic N) is 4. The van der Waals surface area contributed by atoms with Gasteiger partial charge in [-0.05, 0) is 53.4 Å². The van der Waals surface area contributed by atoms with Crippen molar-refractivity contribution in [2.24, 2.45) is 0 Å². The number of ether oxygens (including phenoxy) is 1. The molecule has 0 radical (unpaired) electrons. The lowest BCUT2D eigenvalue weighted by Crippen LogP contribution is -2.51. The van der Waals surface area contributed by atoms with Crippen LogP contribution in [0, 0.1) is 12.9 Å². The molecule has 38 heavy (non-hydrogen) atoms. The fourth-order valence-corrected chi connectivity index (χ4v) is 12.8. The average molecular weight is 536 g/mol. The fourth-order valence-electron chi connectivity index (χ4n) is 6.19. The summed E-state index contributed by atoms with van der Waals surface area (Å²) in [6, 6.07) is 8.75. The van der Waals surface area contributed by atoms with Crippen LogP contribution >= 0.6 is 0 Å². The van der Waals surface area contributed by atoms with E-state index in [9.17, 15) is 5.11 Å². The van der Waals surface area contributed by atoms with E-state index >= 15 is 4.39 Å². The number of pyridine rings is 3. The number of hydrogen-bond acceptors (Lipinski definition) is 6. The average Bonchev–Trinajstić information content (AvgIpc) is 3.22. The molecule has 4 aromatic rings. The van der Waals surface area contributed by atoms with Gasteiger partial charge in [-0.3, -0.25) is 0 Å². The molecule has 0 saturated carbocycles. The van der Waals surface area contributed by atoms with Crippen molar-refractivity contribution in [3.8, 4) is 5.88 Å². The van der Waals surface area contributed by atoms with Crippen LogP contribution in [0.3, 0.4) is 0 Å². The number of anilines is 2. The van der Waals surface area contributed by atoms with Gasteiger partial charge in [0.05, 0.1) is 19.0 Å². The highest BCUT2D eigenvalue weighted by molar-refractivity contribution is 6.82. The van der Waals surface area contributed by atoms with Gasteiger partial charge in [-0.15, -0.1) is 0 Å². The second-order valence-electron chi connectivity index (χ2n) is 10.9. The van der Waals surface area contributed by atoms with E-state index in [0.717, 1.165) is 16.6 Å². The van der Waals surface area contributed by atoms with E-state index in [0.29, 0.717) is 39.6 Å². The van der Waals surface area contributed by atoms with Gasteiger partial charge in [0.15, 0.2) is 8.24 Å². The maximum absolute atomic E-state index is 15.4. The summed E-state index contributed by atoms with van der Waals surface area (Å²) in [7, 11) is -0.632. The van der Waals surface area contributed by atoms with Crippen LogP contribution < -0.4 is 10.1 Å². The predicted octanol–water partition coefficient (Wildman–Crippen LogP) is 7.13. The zero-order chi connectivity index (χ0) is 27.8. The Bertz CT molecular complexity index is 1400. The van der Waals surface area contributed by atoms with Gasteiger partial charge in [-0.25, -0.2) is 15.0 Å². The Kier molecular flexibility index (Phi) is 7.90. The van der Waals surface area contributed by atoms with Crippen molar-refractivity contribution >= 4 is 30.8 Å². The number of fused-ring (bicyclic) bond motifs is 1. The summed E-state index contributed by atoms with van der Waals surface area (Å²) in [6.07, 6.45) is 4.29. The minimum Gasteiger partial charge on any atom is -0.481 e. The van der Waals surface area contributed by atoms with Crippen LogP contribution in [-0.2, 0) is 0 Å². The quantitative estimate of drug-likeness (QED) is 0.175. The first-order valence-corrected chi connectivity index (χ1v) is 15.3. The molecule has 1 atom stereocenters. The largest absolute Gasteiger partial charge is 0.481 e. The molecule has 0 aromatic carbocycles. The number of hydrogen-bond donors (Lipinski definition) is 2. The standard InChI is InChI=1S/C29H38FN5O2Si/c1-17(2)38(18(3)4,19(5)6)35-16-24(23-13-20(7)14-32-29(23)35)27(36)22-10-11-25(34-28(22)30)33-21-9-12-26(37-8)31-15-21/h9-19,27,36H,1-8H3,(H,33,34). The highest BCUT2D eigenvalue weighted by Crippen LogP contribution is 2.45. The smallest absolute Gasteiger partial charge is 0.220 e. The fraction of sp³-hybridized carbons (Fsp3) is 0.414. The Hall–Kier alpha value is -3.30. The summed E-state index contributed by atoms with van der Waals surface area (Å²) in [5.41, 5.74) is 4.55. The van der Waals surface area contributed by atoms with Crippen molar-refractivity contribution in [2.45, 2.75) is 71.2 Å². The van der Waals surface area contributed by atoms with Crippen molar-refractivity contribution in [3.63, 3.8) is 0 Å². The van der Waals surface area contributed by atoms with Gasteiger partial charge in [0.25, 0.3) is 0 Å². The summed E-state index contributed by atoms with van der Waals surface area (Å²) < 4.78 is 22.8. The second-order valence-corrected chi connectivity index (χ2v) is 16.6. The highest BCUT2D eigenvalue weighted by atomic mass is 28.3. The molecule has 0 aliphatic carbocycles. The van der Waals surface area contributed by atoms with Crippen LogP contribution in [0.25, 0.3) is 11.0 Å². The highest BCUT2D eigenvalue weighted by Gasteiger charge is 2.46. The summed E-state index contributed by atoms with van der Waals surface area (Å²) in [5, 5.41) is 15.4. The van der Waals surface area contributed by atoms with Crippen LogP contribution in [0.1, 0.15) is 64.3 Å². The number of rotatable bonds is 9. The maximum atomic E-state index is 15.4. The molecular formula is C29H38FN5O2Si. The van der Waals surface area contributed by atoms with Crippen molar-refractivity contribution in [1.29, 1.82) is 0 Å². The zero-order valence-corrected chi connectivity index (χ0v) is 24.5. The molecule has 4 aromatic heterocycles. The topological polar surface area (TPSA) is 85.1 Å². The van der Waals surface area contributed by atoms with E-state index in [1.54, 1.807) is 37.6 Å². The molecule has 0 fully saturated rings. The minimum absolute atomic E-state index is 0.120. The van der Waals surface area contributed by atoms with E-state index in [-0.39, 0.29) is 5.56 Å². The predicted molar refractivity (Wildman–Crippen MR) is 153 cm³/mol. The van der Waals surface area contributed by atoms with Crippen molar-refractivity contribution in [2.75, 3.05) is 12.4 Å². The number of aliphatic hydroxyl groups is 1. The van der Waals surface area contributed by atoms with Crippen LogP contribution in [0.2, 0.25) is 16.6 Å². The molecule has 202 valence electrons. The molecule has 0 bridgehead atoms. The summed E-state index contributed by atoms with van der Waals surface area (Å²) >= 11 is 0. The number of aryl methyl sites for hydroxylation is 1. The van der Waals surface area contributed by atoms with Gasteiger partial charge in [0.2, 0.25) is 11.8 Å². The molecule has 2 N–H and O–H groups in total. The van der Waals surface area contributed by atoms with Gasteiger partial charge in [0, 0.05) is 35.0 Å². The number of halogens is 1. The number of methoxy groups -OCH3 is 1. The first kappa shape index (κ1) is 27.7. The third-order valence-electron chi connectivity index (χ3n) is 7.69. The van der Waals surface area contributed by atoms with Crippen LogP contribution in [0.4, 0.5) is 15.9 Å². The van der Waals surface area contributed by atoms with Gasteiger partial charge in [-0.2, -0.15) is 4.39 Å². The van der Waals surface area contributed by atoms with E-state index in [4.69, 9.17) is 9.72 Å². The number of aliphatic hydroxyl groups excluding tert-OH is 1. The van der Waals surface area contributed by atoms with Crippen LogP contribution in [0.15, 0.2) is 48.9 Å². The zero-order valence-electron chi connectivity index (χ0n) is 23.5. The first-order chi connectivity index (χ1) is 18.0. The molecule has 0 spiro atoms. The Morgan fingerprint density at radius 1 is 0.947 bits per heavy atom. The van der Waals surface area contributed by atoms with E-state index in [1.165, 1.54) is 0 Å². The molecule has 7 nitrogen and oxygen atoms in total. The van der Waals surface area contributed by atoms with Gasteiger partial charge < -0.3 is 19.4 Å². The number of nitrogens with one attached hydrogen (secondary N) is 1. The Morgan fingerprint density at radius 2 is 1.63 bits per heavy atom. The number of aromatic nitrogens is 4. The van der Waals surface area contributed by atoms with Crippen molar-refractivity contribution in [3.05, 3.63) is 71.6 Å². The third kappa shape index (κ3) is 4.80. The lowest BCUT2D eigenvalue weighted by molar-refractivity contribution is 0.215. The second kappa shape index (κ2) is 10.8. The lowest BCUT2D eigenvalue weighted by Gasteiger charge is -2.44. The molecular weight excluding hydrogens is 497 g/mol. The Morgan fingerprint density at radius 3 is 2.18 bits per heavy atom. The van der Waals surface area contributed by atoms with Gasteiger partial charge in [0.1, 0.15) is 17.6 Å². The molecule has 4 heterocycles. The maximum Gasteiger partial charge on any atom is 0.220 e. The third-order valence-corrected chi connectivity index (χ3v) is 14.4. The summed E-state index contributed by atoms with van der Waals surface area (Å²) in [4.78, 5) is 13.1. The monoisotopic (exact) mass is 535 g/mol. The molecule has 0 amide bonds. The molecule has 4 rings (SSSR count). The van der Waals surface area contributed by atoms with Crippen LogP contribution in [-0.4, -0.2) is 39.6 Å². The first-order valence-electron chi connectivity index (χ1n) is 13.1. The molecule has 9 heteroatoms. The summed E-state index contributed by atoms with van der Waals surface area (Å²) in [5.74, 6) is 0.0679. The van der Waals surface area contributed by atoms with E-state index < -0.39 is 20.3 Å². The van der Waals surface area contributed by atoms with E-state index in [1.807, 2.05) is 25.4 Å². The van der Waals surface area contributed by atoms with Gasteiger partial charge in [-0.1, -0.05) is 41.5 Å². The SMILES string of the molecule is COc1ccc(Nc2ccc(C(O)c3cn([Si](C(C)C)(C(C)C)C(C)C)c4ncc(C)cc34)c(F)n2)cn1. The van der Waals surface area contributed by atoms with Crippen molar-refractivity contribution < 1.29 is 14.2 Å². The van der Waals surface area contributed by atoms with Crippen LogP contribution in [0.5, 0.6) is 5.88 Å². The Balaban J connectivity index is 1.78. The molecule has 1 unspecified atom stereocenters. The molecule has 0 aliphatic heterocycles. The Labute approximate surface area is 225 Å². The lowest BCUT2D eigenvalue weighted by atomic mass is 10.0. The normalized spacial score (nSPS) is 13.1. The van der Waals surface area contributed by atoms with Gasteiger partial charge >= 0.3 is 0 Å². The summed E-state index contributed by atoms with van der Waals surface area (Å²) in [6.45, 7) is 15.7. The van der Waals surface area contributed by atoms with Crippen molar-refractivity contribution in [1.82, 2.24) is 19.2 Å². The minimum atomic E-state index is -2.18. The molecule has 0 aliphatic rings.